The van der Waals surface area contributed by atoms with E-state index in [0.29, 0.717) is 18.4 Å². The Bertz CT molecular complexity index is 1600. The first-order chi connectivity index (χ1) is 24.2. The molecule has 4 aliphatic heterocycles. The van der Waals surface area contributed by atoms with Gasteiger partial charge < -0.3 is 34.4 Å². The minimum atomic E-state index is -1.44. The number of amides is 3. The smallest absolute Gasteiger partial charge is 0.313 e. The van der Waals surface area contributed by atoms with Crippen LogP contribution in [0.1, 0.15) is 50.3 Å². The van der Waals surface area contributed by atoms with Gasteiger partial charge in [0.05, 0.1) is 37.3 Å². The van der Waals surface area contributed by atoms with Crippen LogP contribution in [0.15, 0.2) is 85.0 Å². The lowest BCUT2D eigenvalue weighted by Crippen LogP contribution is -2.58. The Balaban J connectivity index is 1.46. The number of rotatable bonds is 9. The second-order valence-electron chi connectivity index (χ2n) is 14.0. The number of fused-ring (bicyclic) bond motifs is 2. The van der Waals surface area contributed by atoms with Crippen molar-refractivity contribution in [2.24, 2.45) is 17.8 Å². The molecule has 0 unspecified atom stereocenters. The van der Waals surface area contributed by atoms with Gasteiger partial charge in [0, 0.05) is 26.6 Å². The van der Waals surface area contributed by atoms with Gasteiger partial charge in [0.25, 0.3) is 0 Å². The Kier molecular flexibility index (Phi) is 10.9. The molecule has 0 aromatic heterocycles. The number of aliphatic hydroxyl groups excluding tert-OH is 1. The maximum atomic E-state index is 15.0. The van der Waals surface area contributed by atoms with Gasteiger partial charge in [0.1, 0.15) is 23.7 Å². The lowest BCUT2D eigenvalue weighted by Gasteiger charge is -2.39. The maximum Gasteiger partial charge on any atom is 0.313 e. The molecule has 11 heteroatoms. The second-order valence-corrected chi connectivity index (χ2v) is 14.0. The predicted molar refractivity (Wildman–Crippen MR) is 184 cm³/mol. The number of allylic oxidation sites excluding steroid dienone is 1. The maximum absolute atomic E-state index is 15.0. The van der Waals surface area contributed by atoms with Crippen molar-refractivity contribution >= 4 is 23.7 Å². The predicted octanol–water partition coefficient (Wildman–Crippen LogP) is 3.34. The van der Waals surface area contributed by atoms with Crippen molar-refractivity contribution < 1.29 is 38.5 Å². The van der Waals surface area contributed by atoms with E-state index in [1.807, 2.05) is 86.7 Å². The van der Waals surface area contributed by atoms with Crippen molar-refractivity contribution in [1.29, 1.82) is 0 Å². The molecule has 50 heavy (non-hydrogen) atoms. The van der Waals surface area contributed by atoms with Gasteiger partial charge in [-0.3, -0.25) is 19.2 Å². The fraction of sp³-hybridized carbons (Fsp3) is 0.487. The molecular formula is C39H47N3O8. The van der Waals surface area contributed by atoms with E-state index in [-0.39, 0.29) is 50.5 Å². The number of carbonyl (C=O) groups excluding carboxylic acids is 4. The van der Waals surface area contributed by atoms with Gasteiger partial charge in [0.15, 0.2) is 0 Å². The summed E-state index contributed by atoms with van der Waals surface area (Å²) in [7, 11) is 1.51. The number of esters is 1. The molecule has 4 heterocycles. The zero-order valence-electron chi connectivity index (χ0n) is 28.9. The molecule has 2 saturated heterocycles. The van der Waals surface area contributed by atoms with E-state index in [0.717, 1.165) is 5.56 Å². The highest BCUT2D eigenvalue weighted by molar-refractivity contribution is 5.99. The summed E-state index contributed by atoms with van der Waals surface area (Å²) >= 11 is 0. The van der Waals surface area contributed by atoms with Crippen LogP contribution in [-0.4, -0.2) is 95.3 Å². The normalized spacial score (nSPS) is 31.1. The number of carbonyl (C=O) groups is 4. The van der Waals surface area contributed by atoms with Crippen LogP contribution < -0.4 is 5.32 Å². The van der Waals surface area contributed by atoms with Gasteiger partial charge in [-0.15, -0.1) is 0 Å². The van der Waals surface area contributed by atoms with Crippen molar-refractivity contribution in [3.8, 4) is 0 Å². The van der Waals surface area contributed by atoms with E-state index >= 15 is 0 Å². The molecule has 2 aromatic rings. The Morgan fingerprint density at radius 2 is 1.72 bits per heavy atom. The van der Waals surface area contributed by atoms with Crippen LogP contribution in [0.3, 0.4) is 0 Å². The molecule has 1 spiro atoms. The number of likely N-dealkylation sites (tertiary alicyclic amines) is 1. The number of nitrogens with one attached hydrogen (secondary N) is 1. The quantitative estimate of drug-likeness (QED) is 0.304. The fourth-order valence-corrected chi connectivity index (χ4v) is 8.01. The number of cyclic esters (lactones) is 1. The molecule has 2 N–H and O–H groups in total. The van der Waals surface area contributed by atoms with Gasteiger partial charge in [-0.05, 0) is 29.9 Å². The summed E-state index contributed by atoms with van der Waals surface area (Å²) in [5.74, 6) is -3.70. The van der Waals surface area contributed by atoms with Crippen molar-refractivity contribution in [3.05, 3.63) is 96.1 Å². The lowest BCUT2D eigenvalue weighted by molar-refractivity contribution is -0.163. The van der Waals surface area contributed by atoms with E-state index in [4.69, 9.17) is 14.2 Å². The molecule has 8 atom stereocenters. The zero-order valence-corrected chi connectivity index (χ0v) is 28.9. The van der Waals surface area contributed by atoms with E-state index < -0.39 is 59.6 Å². The molecule has 0 aliphatic carbocycles. The molecule has 11 nitrogen and oxygen atoms in total. The zero-order chi connectivity index (χ0) is 35.4. The first-order valence-electron chi connectivity index (χ1n) is 17.5. The van der Waals surface area contributed by atoms with Crippen LogP contribution in [0.25, 0.3) is 0 Å². The molecule has 0 saturated carbocycles. The number of nitrogens with zero attached hydrogens (tertiary/aromatic N) is 2. The van der Waals surface area contributed by atoms with Gasteiger partial charge in [-0.1, -0.05) is 98.8 Å². The van der Waals surface area contributed by atoms with E-state index in [2.05, 4.69) is 5.32 Å². The SMILES string of the molecule is COC[C@H]1NC(=O)CC/C=C\CN(Cc2ccccc2)C(=O)[C@@H]2N([C@@H](CO)CC(C)C)C(=O)[C@H]3[C@H](C(=O)O[C@@H]1c1ccccc1)[C@@H]1C=C[C@]23O1. The summed E-state index contributed by atoms with van der Waals surface area (Å²) in [5, 5.41) is 13.7. The van der Waals surface area contributed by atoms with Crippen LogP contribution in [0.4, 0.5) is 0 Å². The third kappa shape index (κ3) is 6.86. The second kappa shape index (κ2) is 15.3. The number of hydrogen-bond acceptors (Lipinski definition) is 8. The molecule has 2 fully saturated rings. The number of benzene rings is 2. The van der Waals surface area contributed by atoms with Crippen molar-refractivity contribution in [1.82, 2.24) is 15.1 Å². The molecule has 6 rings (SSSR count). The summed E-state index contributed by atoms with van der Waals surface area (Å²) in [5.41, 5.74) is 0.105. The first kappa shape index (κ1) is 35.5. The molecule has 3 amide bonds. The molecule has 0 radical (unpaired) electrons. The summed E-state index contributed by atoms with van der Waals surface area (Å²) < 4.78 is 18.4. The topological polar surface area (TPSA) is 135 Å². The monoisotopic (exact) mass is 685 g/mol. The van der Waals surface area contributed by atoms with Crippen LogP contribution in [0, 0.1) is 17.8 Å². The van der Waals surface area contributed by atoms with Crippen LogP contribution in [-0.2, 0) is 39.9 Å². The van der Waals surface area contributed by atoms with E-state index in [9.17, 15) is 24.3 Å². The van der Waals surface area contributed by atoms with Crippen molar-refractivity contribution in [3.63, 3.8) is 0 Å². The minimum absolute atomic E-state index is 0.0669. The Hall–Kier alpha value is -4.32. The highest BCUT2D eigenvalue weighted by atomic mass is 16.6. The molecule has 2 aromatic carbocycles. The standard InChI is InChI=1S/C39H47N3O8/c1-25(2)21-28(23-43)42-35-37(46)41(22-26-13-7-4-8-14-26)20-12-6-11-17-31(44)40-29(24-48-3)34(27-15-9-5-10-16-27)49-38(47)32-30-18-19-39(35,50-30)33(32)36(42)45/h4-10,12-16,18-19,25,28-30,32-35,43H,11,17,20-24H2,1-3H3,(H,40,44)/b12-6-/t28-,29-,30+,32-,33-,34-,35+,39-/m1/s1. The van der Waals surface area contributed by atoms with Crippen molar-refractivity contribution in [2.75, 3.05) is 26.9 Å². The Labute approximate surface area is 293 Å². The van der Waals surface area contributed by atoms with Crippen LogP contribution in [0.5, 0.6) is 0 Å². The van der Waals surface area contributed by atoms with Gasteiger partial charge in [0.2, 0.25) is 17.7 Å². The number of hydrogen-bond donors (Lipinski definition) is 2. The minimum Gasteiger partial charge on any atom is -0.455 e. The Morgan fingerprint density at radius 1 is 1.00 bits per heavy atom. The van der Waals surface area contributed by atoms with Gasteiger partial charge in [-0.25, -0.2) is 0 Å². The highest BCUT2D eigenvalue weighted by Crippen LogP contribution is 2.56. The number of methoxy groups -OCH3 is 1. The first-order valence-corrected chi connectivity index (χ1v) is 17.5. The van der Waals surface area contributed by atoms with Gasteiger partial charge >= 0.3 is 5.97 Å². The third-order valence-corrected chi connectivity index (χ3v) is 10.2. The molecular weight excluding hydrogens is 638 g/mol. The van der Waals surface area contributed by atoms with E-state index in [1.54, 1.807) is 17.1 Å². The summed E-state index contributed by atoms with van der Waals surface area (Å²) in [4.78, 5) is 60.6. The largest absolute Gasteiger partial charge is 0.455 e. The van der Waals surface area contributed by atoms with Crippen molar-refractivity contribution in [2.45, 2.75) is 75.6 Å². The average molecular weight is 686 g/mol. The summed E-state index contributed by atoms with van der Waals surface area (Å²) in [6.45, 7) is 4.17. The average Bonchev–Trinajstić information content (AvgIpc) is 3.76. The highest BCUT2D eigenvalue weighted by Gasteiger charge is 2.74. The molecule has 266 valence electrons. The summed E-state index contributed by atoms with van der Waals surface area (Å²) in [6, 6.07) is 16.1. The Morgan fingerprint density at radius 3 is 2.40 bits per heavy atom. The molecule has 5 bridgehead atoms. The number of aliphatic hydroxyl groups is 1. The van der Waals surface area contributed by atoms with Crippen LogP contribution in [0.2, 0.25) is 0 Å². The third-order valence-electron chi connectivity index (χ3n) is 10.2. The lowest BCUT2D eigenvalue weighted by atomic mass is 9.74. The molecule has 4 aliphatic rings. The fourth-order valence-electron chi connectivity index (χ4n) is 8.01. The van der Waals surface area contributed by atoms with E-state index in [1.165, 1.54) is 12.0 Å². The van der Waals surface area contributed by atoms with Crippen LogP contribution >= 0.6 is 0 Å². The van der Waals surface area contributed by atoms with Gasteiger partial charge in [-0.2, -0.15) is 0 Å². The summed E-state index contributed by atoms with van der Waals surface area (Å²) in [6.07, 6.45) is 6.53. The number of ether oxygens (including phenoxy) is 3.